The fourth-order valence-corrected chi connectivity index (χ4v) is 4.47. The molecule has 1 saturated heterocycles. The number of carbonyl (C=O) groups excluding carboxylic acids is 2. The van der Waals surface area contributed by atoms with Crippen molar-refractivity contribution < 1.29 is 23.1 Å². The number of aromatic nitrogens is 1. The van der Waals surface area contributed by atoms with Gasteiger partial charge in [0.1, 0.15) is 11.6 Å². The molecule has 3 heterocycles. The number of ether oxygens (including phenoxy) is 1. The summed E-state index contributed by atoms with van der Waals surface area (Å²) in [7, 11) is 0. The van der Waals surface area contributed by atoms with E-state index in [2.05, 4.69) is 5.32 Å². The highest BCUT2D eigenvalue weighted by Gasteiger charge is 2.28. The number of furan rings is 1. The maximum Gasteiger partial charge on any atom is 0.322 e. The second-order valence-corrected chi connectivity index (χ2v) is 9.19. The summed E-state index contributed by atoms with van der Waals surface area (Å²) in [6, 6.07) is 13.1. The van der Waals surface area contributed by atoms with Crippen LogP contribution in [0.3, 0.4) is 0 Å². The van der Waals surface area contributed by atoms with Crippen LogP contribution in [0.1, 0.15) is 49.2 Å². The molecule has 9 heteroatoms. The van der Waals surface area contributed by atoms with Crippen LogP contribution >= 0.6 is 0 Å². The molecule has 2 atom stereocenters. The van der Waals surface area contributed by atoms with E-state index in [9.17, 15) is 14.0 Å². The zero-order valence-corrected chi connectivity index (χ0v) is 20.9. The summed E-state index contributed by atoms with van der Waals surface area (Å²) in [5.74, 6) is 0.324. The van der Waals surface area contributed by atoms with Crippen LogP contribution in [0.5, 0.6) is 0 Å². The average molecular weight is 497 g/mol. The number of hydrogen-bond donors (Lipinski definition) is 1. The molecule has 0 radical (unpaired) electrons. The first-order chi connectivity index (χ1) is 17.3. The van der Waals surface area contributed by atoms with Crippen molar-refractivity contribution >= 4 is 17.6 Å². The molecule has 1 aliphatic heterocycles. The first-order valence-corrected chi connectivity index (χ1v) is 12.3. The van der Waals surface area contributed by atoms with E-state index in [0.29, 0.717) is 44.2 Å². The molecule has 1 N–H and O–H groups in total. The van der Waals surface area contributed by atoms with E-state index in [1.54, 1.807) is 34.1 Å². The van der Waals surface area contributed by atoms with Gasteiger partial charge in [-0.1, -0.05) is 19.1 Å². The fraction of sp³-hybridized carbons (Fsp3) is 0.407. The Morgan fingerprint density at radius 3 is 2.56 bits per heavy atom. The highest BCUT2D eigenvalue weighted by Crippen LogP contribution is 2.19. The number of nitrogens with zero attached hydrogens (tertiary/aromatic N) is 3. The predicted octanol–water partition coefficient (Wildman–Crippen LogP) is 4.96. The average Bonchev–Trinajstić information content (AvgIpc) is 3.49. The molecule has 1 aromatic carbocycles. The monoisotopic (exact) mass is 496 g/mol. The van der Waals surface area contributed by atoms with Crippen molar-refractivity contribution in [3.05, 3.63) is 77.8 Å². The Kier molecular flexibility index (Phi) is 8.10. The highest BCUT2D eigenvalue weighted by atomic mass is 19.1. The minimum Gasteiger partial charge on any atom is -0.454 e. The lowest BCUT2D eigenvalue weighted by atomic mass is 10.2. The molecular formula is C27H33FN4O4. The lowest BCUT2D eigenvalue weighted by Gasteiger charge is -2.34. The summed E-state index contributed by atoms with van der Waals surface area (Å²) in [6.07, 6.45) is 2.63. The SMILES string of the molecule is CCCN(Cc1cccn1Cc1ccc(C(=O)N2CC(C)OC(C)C2)o1)C(=O)Nc1ccccc1F. The molecule has 8 nitrogen and oxygen atoms in total. The zero-order chi connectivity index (χ0) is 25.7. The van der Waals surface area contributed by atoms with Crippen molar-refractivity contribution in [2.75, 3.05) is 25.0 Å². The van der Waals surface area contributed by atoms with Gasteiger partial charge in [0.15, 0.2) is 5.76 Å². The van der Waals surface area contributed by atoms with E-state index in [4.69, 9.17) is 9.15 Å². The van der Waals surface area contributed by atoms with Crippen molar-refractivity contribution in [2.45, 2.75) is 52.5 Å². The maximum atomic E-state index is 14.0. The van der Waals surface area contributed by atoms with Crippen LogP contribution in [0.25, 0.3) is 0 Å². The molecular weight excluding hydrogens is 463 g/mol. The van der Waals surface area contributed by atoms with E-state index in [1.807, 2.05) is 43.7 Å². The Bertz CT molecular complexity index is 1180. The molecule has 2 unspecified atom stereocenters. The molecule has 0 bridgehead atoms. The van der Waals surface area contributed by atoms with Gasteiger partial charge in [-0.3, -0.25) is 4.79 Å². The number of halogens is 1. The minimum atomic E-state index is -0.477. The summed E-state index contributed by atoms with van der Waals surface area (Å²) < 4.78 is 27.6. The summed E-state index contributed by atoms with van der Waals surface area (Å²) in [4.78, 5) is 29.2. The van der Waals surface area contributed by atoms with E-state index < -0.39 is 5.82 Å². The van der Waals surface area contributed by atoms with E-state index in [-0.39, 0.29) is 29.8 Å². The Hall–Kier alpha value is -3.59. The smallest absolute Gasteiger partial charge is 0.322 e. The molecule has 2 aromatic heterocycles. The number of carbonyl (C=O) groups is 2. The van der Waals surface area contributed by atoms with Crippen LogP contribution in [-0.2, 0) is 17.8 Å². The summed E-state index contributed by atoms with van der Waals surface area (Å²) >= 11 is 0. The summed E-state index contributed by atoms with van der Waals surface area (Å²) in [5.41, 5.74) is 1.04. The van der Waals surface area contributed by atoms with Gasteiger partial charge >= 0.3 is 6.03 Å². The Morgan fingerprint density at radius 2 is 1.83 bits per heavy atom. The number of amides is 3. The largest absolute Gasteiger partial charge is 0.454 e. The van der Waals surface area contributed by atoms with Crippen LogP contribution < -0.4 is 5.32 Å². The second kappa shape index (κ2) is 11.4. The maximum absolute atomic E-state index is 14.0. The summed E-state index contributed by atoms with van der Waals surface area (Å²) in [5, 5.41) is 2.66. The molecule has 1 aliphatic rings. The predicted molar refractivity (Wildman–Crippen MR) is 134 cm³/mol. The molecule has 3 aromatic rings. The van der Waals surface area contributed by atoms with Gasteiger partial charge < -0.3 is 28.8 Å². The van der Waals surface area contributed by atoms with Crippen molar-refractivity contribution in [2.24, 2.45) is 0 Å². The third-order valence-electron chi connectivity index (χ3n) is 6.08. The Morgan fingerprint density at radius 1 is 1.08 bits per heavy atom. The molecule has 192 valence electrons. The van der Waals surface area contributed by atoms with Crippen LogP contribution in [0.15, 0.2) is 59.1 Å². The van der Waals surface area contributed by atoms with Gasteiger partial charge in [-0.2, -0.15) is 0 Å². The number of anilines is 1. The van der Waals surface area contributed by atoms with E-state index in [0.717, 1.165) is 12.1 Å². The van der Waals surface area contributed by atoms with Crippen molar-refractivity contribution in [1.82, 2.24) is 14.4 Å². The van der Waals surface area contributed by atoms with Crippen molar-refractivity contribution in [3.8, 4) is 0 Å². The van der Waals surface area contributed by atoms with Crippen LogP contribution in [0.2, 0.25) is 0 Å². The molecule has 3 amide bonds. The van der Waals surface area contributed by atoms with Gasteiger partial charge in [0.2, 0.25) is 0 Å². The molecule has 0 aliphatic carbocycles. The zero-order valence-electron chi connectivity index (χ0n) is 20.9. The quantitative estimate of drug-likeness (QED) is 0.478. The summed E-state index contributed by atoms with van der Waals surface area (Å²) in [6.45, 7) is 8.23. The Labute approximate surface area is 210 Å². The number of nitrogens with one attached hydrogen (secondary N) is 1. The van der Waals surface area contributed by atoms with Gasteiger partial charge in [0, 0.05) is 31.5 Å². The van der Waals surface area contributed by atoms with E-state index >= 15 is 0 Å². The first-order valence-electron chi connectivity index (χ1n) is 12.3. The number of para-hydroxylation sites is 1. The third-order valence-corrected chi connectivity index (χ3v) is 6.08. The molecule has 0 saturated carbocycles. The Balaban J connectivity index is 1.42. The lowest BCUT2D eigenvalue weighted by molar-refractivity contribution is -0.0592. The number of hydrogen-bond acceptors (Lipinski definition) is 4. The van der Waals surface area contributed by atoms with Crippen LogP contribution in [0, 0.1) is 5.82 Å². The molecule has 1 fully saturated rings. The van der Waals surface area contributed by atoms with E-state index in [1.165, 1.54) is 12.1 Å². The second-order valence-electron chi connectivity index (χ2n) is 9.19. The fourth-order valence-electron chi connectivity index (χ4n) is 4.47. The lowest BCUT2D eigenvalue weighted by Crippen LogP contribution is -2.48. The van der Waals surface area contributed by atoms with Crippen LogP contribution in [0.4, 0.5) is 14.9 Å². The van der Waals surface area contributed by atoms with Gasteiger partial charge in [-0.15, -0.1) is 0 Å². The number of rotatable bonds is 8. The van der Waals surface area contributed by atoms with Crippen LogP contribution in [-0.4, -0.2) is 58.1 Å². The van der Waals surface area contributed by atoms with Crippen molar-refractivity contribution in [1.29, 1.82) is 0 Å². The van der Waals surface area contributed by atoms with Gasteiger partial charge in [-0.05, 0) is 56.7 Å². The van der Waals surface area contributed by atoms with Crippen molar-refractivity contribution in [3.63, 3.8) is 0 Å². The normalized spacial score (nSPS) is 17.7. The standard InChI is InChI=1S/C27H33FN4O4/c1-4-13-31(27(34)29-24-10-6-5-9-23(24)28)17-21-8-7-14-30(21)18-22-11-12-25(36-22)26(33)32-15-19(2)35-20(3)16-32/h5-12,14,19-20H,4,13,15-18H2,1-3H3,(H,29,34). The first kappa shape index (κ1) is 25.5. The molecule has 36 heavy (non-hydrogen) atoms. The number of urea groups is 1. The highest BCUT2D eigenvalue weighted by molar-refractivity contribution is 5.91. The van der Waals surface area contributed by atoms with Gasteiger partial charge in [0.05, 0.1) is 31.0 Å². The number of morpholine rings is 1. The van der Waals surface area contributed by atoms with Gasteiger partial charge in [0.25, 0.3) is 5.91 Å². The third kappa shape index (κ3) is 6.15. The van der Waals surface area contributed by atoms with Gasteiger partial charge in [-0.25, -0.2) is 9.18 Å². The molecule has 0 spiro atoms. The topological polar surface area (TPSA) is 80.0 Å². The minimum absolute atomic E-state index is 0.0174. The molecule has 4 rings (SSSR count). The number of benzene rings is 1.